The fourth-order valence-electron chi connectivity index (χ4n) is 2.10. The molecule has 27 heavy (non-hydrogen) atoms. The monoisotopic (exact) mass is 401 g/mol. The summed E-state index contributed by atoms with van der Waals surface area (Å²) in [5.74, 6) is 1.52. The number of para-hydroxylation sites is 1. The molecule has 8 heteroatoms. The molecule has 2 aromatic rings. The number of hydrogen-bond donors (Lipinski definition) is 5. The summed E-state index contributed by atoms with van der Waals surface area (Å²) < 4.78 is 0. The summed E-state index contributed by atoms with van der Waals surface area (Å²) >= 11 is 2.91. The molecule has 142 valence electrons. The maximum atomic E-state index is 11.0. The Morgan fingerprint density at radius 2 is 1.22 bits per heavy atom. The van der Waals surface area contributed by atoms with Gasteiger partial charge in [-0.2, -0.15) is 0 Å². The number of amidine groups is 2. The van der Waals surface area contributed by atoms with Crippen LogP contribution in [-0.2, 0) is 4.79 Å². The predicted molar refractivity (Wildman–Crippen MR) is 119 cm³/mol. The van der Waals surface area contributed by atoms with E-state index in [-0.39, 0.29) is 5.91 Å². The summed E-state index contributed by atoms with van der Waals surface area (Å²) in [6, 6.07) is 16.9. The molecule has 0 atom stereocenters. The van der Waals surface area contributed by atoms with Crippen LogP contribution in [0, 0.1) is 10.8 Å². The van der Waals surface area contributed by atoms with Gasteiger partial charge in [-0.05, 0) is 42.8 Å². The van der Waals surface area contributed by atoms with Crippen molar-refractivity contribution in [2.24, 2.45) is 0 Å². The van der Waals surface area contributed by atoms with E-state index in [0.29, 0.717) is 10.3 Å². The molecule has 0 spiro atoms. The third-order valence-electron chi connectivity index (χ3n) is 3.28. The molecule has 5 N–H and O–H groups in total. The summed E-state index contributed by atoms with van der Waals surface area (Å²) in [6.07, 6.45) is 0.902. The van der Waals surface area contributed by atoms with Crippen LogP contribution in [0.4, 0.5) is 17.1 Å². The second-order valence-electron chi connectivity index (χ2n) is 5.58. The first-order valence-electron chi connectivity index (χ1n) is 8.42. The number of carbonyl (C=O) groups is 1. The molecule has 0 heterocycles. The van der Waals surface area contributed by atoms with E-state index in [2.05, 4.69) is 16.0 Å². The average Bonchev–Trinajstić information content (AvgIpc) is 2.63. The van der Waals surface area contributed by atoms with Gasteiger partial charge in [0.15, 0.2) is 10.3 Å². The zero-order valence-electron chi connectivity index (χ0n) is 15.0. The van der Waals surface area contributed by atoms with Crippen molar-refractivity contribution in [3.05, 3.63) is 54.6 Å². The van der Waals surface area contributed by atoms with Crippen molar-refractivity contribution >= 4 is 56.8 Å². The Morgan fingerprint density at radius 3 is 1.70 bits per heavy atom. The van der Waals surface area contributed by atoms with Gasteiger partial charge >= 0.3 is 0 Å². The maximum Gasteiger partial charge on any atom is 0.221 e. The van der Waals surface area contributed by atoms with Crippen LogP contribution in [0.3, 0.4) is 0 Å². The van der Waals surface area contributed by atoms with Crippen molar-refractivity contribution in [2.45, 2.75) is 13.3 Å². The number of hydrogen-bond acceptors (Lipinski definition) is 5. The smallest absolute Gasteiger partial charge is 0.221 e. The Labute approximate surface area is 167 Å². The summed E-state index contributed by atoms with van der Waals surface area (Å²) in [4.78, 5) is 11.0. The lowest BCUT2D eigenvalue weighted by molar-refractivity contribution is -0.114. The average molecular weight is 402 g/mol. The number of carbonyl (C=O) groups excluding carboxylic acids is 1. The third-order valence-corrected chi connectivity index (χ3v) is 5.04. The van der Waals surface area contributed by atoms with E-state index in [0.717, 1.165) is 35.0 Å². The molecular formula is C19H23N5OS2. The van der Waals surface area contributed by atoms with Crippen LogP contribution in [-0.4, -0.2) is 27.7 Å². The highest BCUT2D eigenvalue weighted by molar-refractivity contribution is 8.14. The molecule has 2 aromatic carbocycles. The van der Waals surface area contributed by atoms with Gasteiger partial charge in [0.1, 0.15) is 0 Å². The van der Waals surface area contributed by atoms with Gasteiger partial charge in [-0.1, -0.05) is 41.7 Å². The lowest BCUT2D eigenvalue weighted by Crippen LogP contribution is -2.09. The molecular weight excluding hydrogens is 378 g/mol. The molecule has 0 aliphatic rings. The van der Waals surface area contributed by atoms with Crippen LogP contribution in [0.5, 0.6) is 0 Å². The number of nitrogens with one attached hydrogen (secondary N) is 5. The SMILES string of the molecule is CC(=O)Nc1ccc(NC(=N)SCCCSC(=N)Nc2ccccc2)cc1. The Balaban J connectivity index is 1.59. The predicted octanol–water partition coefficient (Wildman–Crippen LogP) is 4.90. The summed E-state index contributed by atoms with van der Waals surface area (Å²) in [5.41, 5.74) is 2.46. The zero-order chi connectivity index (χ0) is 19.5. The first-order chi connectivity index (χ1) is 13.0. The van der Waals surface area contributed by atoms with Gasteiger partial charge in [0.25, 0.3) is 0 Å². The number of rotatable bonds is 7. The van der Waals surface area contributed by atoms with E-state index >= 15 is 0 Å². The third kappa shape index (κ3) is 8.65. The van der Waals surface area contributed by atoms with Crippen LogP contribution in [0.15, 0.2) is 54.6 Å². The first kappa shape index (κ1) is 20.9. The molecule has 2 rings (SSSR count). The number of benzene rings is 2. The van der Waals surface area contributed by atoms with Crippen molar-refractivity contribution in [3.8, 4) is 0 Å². The van der Waals surface area contributed by atoms with E-state index in [9.17, 15) is 4.79 Å². The van der Waals surface area contributed by atoms with Crippen LogP contribution in [0.1, 0.15) is 13.3 Å². The first-order valence-corrected chi connectivity index (χ1v) is 10.4. The molecule has 0 aliphatic carbocycles. The van der Waals surface area contributed by atoms with E-state index in [1.165, 1.54) is 30.4 Å². The molecule has 0 saturated carbocycles. The van der Waals surface area contributed by atoms with Gasteiger partial charge in [-0.15, -0.1) is 0 Å². The molecule has 0 unspecified atom stereocenters. The molecule has 0 radical (unpaired) electrons. The standard InChI is InChI=1S/C19H23N5OS2/c1-14(25)22-16-8-10-17(11-9-16)24-19(21)27-13-5-12-26-18(20)23-15-6-3-2-4-7-15/h2-4,6-11H,5,12-13H2,1H3,(H2,20,23)(H2,21,24)(H,22,25). The molecule has 1 amide bonds. The van der Waals surface area contributed by atoms with Crippen molar-refractivity contribution in [2.75, 3.05) is 27.5 Å². The normalized spacial score (nSPS) is 10.1. The highest BCUT2D eigenvalue weighted by Crippen LogP contribution is 2.17. The lowest BCUT2D eigenvalue weighted by atomic mass is 10.3. The topological polar surface area (TPSA) is 101 Å². The van der Waals surface area contributed by atoms with Gasteiger partial charge < -0.3 is 16.0 Å². The van der Waals surface area contributed by atoms with Crippen molar-refractivity contribution in [1.29, 1.82) is 10.8 Å². The van der Waals surface area contributed by atoms with E-state index in [1.54, 1.807) is 12.1 Å². The second kappa shape index (κ2) is 11.3. The van der Waals surface area contributed by atoms with Gasteiger partial charge in [0, 0.05) is 35.5 Å². The number of thioether (sulfide) groups is 2. The molecule has 0 saturated heterocycles. The quantitative estimate of drug-likeness (QED) is 0.258. The molecule has 0 aromatic heterocycles. The Kier molecular flexibility index (Phi) is 8.73. The second-order valence-corrected chi connectivity index (χ2v) is 7.79. The number of anilines is 3. The fraction of sp³-hybridized carbons (Fsp3) is 0.211. The van der Waals surface area contributed by atoms with Gasteiger partial charge in [-0.25, -0.2) is 0 Å². The Bertz CT molecular complexity index is 765. The van der Waals surface area contributed by atoms with Crippen LogP contribution < -0.4 is 16.0 Å². The Morgan fingerprint density at radius 1 is 0.778 bits per heavy atom. The minimum atomic E-state index is -0.107. The highest BCUT2D eigenvalue weighted by atomic mass is 32.2. The largest absolute Gasteiger partial charge is 0.335 e. The minimum Gasteiger partial charge on any atom is -0.335 e. The van der Waals surface area contributed by atoms with Crippen LogP contribution in [0.25, 0.3) is 0 Å². The molecule has 0 bridgehead atoms. The molecule has 0 aliphatic heterocycles. The van der Waals surface area contributed by atoms with E-state index in [4.69, 9.17) is 10.8 Å². The van der Waals surface area contributed by atoms with Crippen molar-refractivity contribution in [1.82, 2.24) is 0 Å². The molecule has 6 nitrogen and oxygen atoms in total. The highest BCUT2D eigenvalue weighted by Gasteiger charge is 2.02. The van der Waals surface area contributed by atoms with Crippen LogP contribution >= 0.6 is 23.5 Å². The number of amides is 1. The lowest BCUT2D eigenvalue weighted by Gasteiger charge is -2.09. The minimum absolute atomic E-state index is 0.107. The van der Waals surface area contributed by atoms with Crippen molar-refractivity contribution in [3.63, 3.8) is 0 Å². The summed E-state index contributed by atoms with van der Waals surface area (Å²) in [5, 5.41) is 25.5. The van der Waals surface area contributed by atoms with Crippen molar-refractivity contribution < 1.29 is 4.79 Å². The van der Waals surface area contributed by atoms with E-state index < -0.39 is 0 Å². The van der Waals surface area contributed by atoms with Gasteiger partial charge in [0.05, 0.1) is 0 Å². The van der Waals surface area contributed by atoms with Gasteiger partial charge in [0.2, 0.25) is 5.91 Å². The van der Waals surface area contributed by atoms with E-state index in [1.807, 2.05) is 42.5 Å². The summed E-state index contributed by atoms with van der Waals surface area (Å²) in [6.45, 7) is 1.47. The molecule has 0 fully saturated rings. The summed E-state index contributed by atoms with van der Waals surface area (Å²) in [7, 11) is 0. The van der Waals surface area contributed by atoms with Gasteiger partial charge in [-0.3, -0.25) is 15.6 Å². The Hall–Kier alpha value is -2.45. The van der Waals surface area contributed by atoms with Crippen LogP contribution in [0.2, 0.25) is 0 Å². The fourth-order valence-corrected chi connectivity index (χ4v) is 3.65. The zero-order valence-corrected chi connectivity index (χ0v) is 16.7. The maximum absolute atomic E-state index is 11.0.